The Morgan fingerprint density at radius 1 is 0.885 bits per heavy atom. The van der Waals surface area contributed by atoms with E-state index in [0.717, 1.165) is 29.8 Å². The molecule has 2 aromatic heterocycles. The minimum Gasteiger partial charge on any atom is -0.314 e. The first-order valence-electron chi connectivity index (χ1n) is 7.17. The van der Waals surface area contributed by atoms with Crippen molar-refractivity contribution in [3.05, 3.63) is 41.4 Å². The summed E-state index contributed by atoms with van der Waals surface area (Å²) in [7, 11) is 2.91. The van der Waals surface area contributed by atoms with Crippen molar-refractivity contribution in [2.75, 3.05) is 13.2 Å². The van der Waals surface area contributed by atoms with E-state index in [-0.39, 0.29) is 13.2 Å². The van der Waals surface area contributed by atoms with Gasteiger partial charge in [-0.1, -0.05) is 0 Å². The Kier molecular flexibility index (Phi) is 7.86. The fourth-order valence-electron chi connectivity index (χ4n) is 1.83. The Balaban J connectivity index is 1.86. The van der Waals surface area contributed by atoms with Crippen LogP contribution in [0.3, 0.4) is 0 Å². The largest absolute Gasteiger partial charge is 0.314 e. The molecule has 0 fully saturated rings. The van der Waals surface area contributed by atoms with Crippen LogP contribution in [0, 0.1) is 34.1 Å². The van der Waals surface area contributed by atoms with E-state index in [1.807, 2.05) is 13.8 Å². The zero-order valence-corrected chi connectivity index (χ0v) is 17.0. The summed E-state index contributed by atoms with van der Waals surface area (Å²) < 4.78 is 1.66. The van der Waals surface area contributed by atoms with Gasteiger partial charge in [-0.25, -0.2) is 9.97 Å². The van der Waals surface area contributed by atoms with Gasteiger partial charge >= 0.3 is 0 Å². The first-order chi connectivity index (χ1) is 12.3. The van der Waals surface area contributed by atoms with Crippen LogP contribution in [0.1, 0.15) is 21.1 Å². The zero-order valence-electron chi connectivity index (χ0n) is 13.7. The SMILES string of the molecule is Cc1nc(SSc2nc(C)c(CCO[N+](=O)[O-])s2)sc1CCO[N+](=O)[O-]. The van der Waals surface area contributed by atoms with Crippen molar-refractivity contribution < 1.29 is 19.8 Å². The molecule has 14 heteroatoms. The maximum atomic E-state index is 10.2. The van der Waals surface area contributed by atoms with Gasteiger partial charge in [0.25, 0.3) is 10.2 Å². The summed E-state index contributed by atoms with van der Waals surface area (Å²) in [4.78, 5) is 39.8. The highest BCUT2D eigenvalue weighted by Crippen LogP contribution is 2.42. The molecule has 2 heterocycles. The number of rotatable bonds is 11. The molecular weight excluding hydrogens is 424 g/mol. The van der Waals surface area contributed by atoms with E-state index < -0.39 is 10.2 Å². The number of nitrogens with zero attached hydrogens (tertiary/aromatic N) is 4. The van der Waals surface area contributed by atoms with E-state index in [9.17, 15) is 20.2 Å². The highest BCUT2D eigenvalue weighted by atomic mass is 33.1. The number of aromatic nitrogens is 2. The normalized spacial score (nSPS) is 10.7. The number of hydrogen-bond acceptors (Lipinski definition) is 12. The molecular formula is C12H14N4O6S4. The monoisotopic (exact) mass is 438 g/mol. The van der Waals surface area contributed by atoms with Crippen molar-refractivity contribution >= 4 is 44.3 Å². The lowest BCUT2D eigenvalue weighted by atomic mass is 10.3. The van der Waals surface area contributed by atoms with E-state index in [4.69, 9.17) is 0 Å². The van der Waals surface area contributed by atoms with E-state index in [0.29, 0.717) is 12.8 Å². The molecule has 0 amide bonds. The maximum Gasteiger partial charge on any atom is 0.294 e. The second-order valence-electron chi connectivity index (χ2n) is 4.76. The summed E-state index contributed by atoms with van der Waals surface area (Å²) in [6, 6.07) is 0. The lowest BCUT2D eigenvalue weighted by Gasteiger charge is -1.96. The van der Waals surface area contributed by atoms with Crippen molar-refractivity contribution in [3.8, 4) is 0 Å². The van der Waals surface area contributed by atoms with Gasteiger partial charge in [-0.3, -0.25) is 0 Å². The molecule has 142 valence electrons. The number of aryl methyl sites for hydroxylation is 2. The molecule has 26 heavy (non-hydrogen) atoms. The predicted octanol–water partition coefficient (Wildman–Crippen LogP) is 3.52. The Morgan fingerprint density at radius 2 is 1.27 bits per heavy atom. The van der Waals surface area contributed by atoms with Crippen molar-refractivity contribution in [2.45, 2.75) is 35.4 Å². The smallest absolute Gasteiger partial charge is 0.294 e. The van der Waals surface area contributed by atoms with Crippen LogP contribution in [0.15, 0.2) is 8.68 Å². The standard InChI is InChI=1S/C12H14N4O6S4/c1-7-9(3-5-21-15(17)18)23-11(13-7)25-26-12-14-8(2)10(24-12)4-6-22-16(19)20/h3-6H2,1-2H3. The van der Waals surface area contributed by atoms with Crippen LogP contribution < -0.4 is 0 Å². The van der Waals surface area contributed by atoms with E-state index in [2.05, 4.69) is 19.6 Å². The van der Waals surface area contributed by atoms with Gasteiger partial charge < -0.3 is 9.68 Å². The second-order valence-corrected chi connectivity index (χ2v) is 9.55. The maximum absolute atomic E-state index is 10.2. The van der Waals surface area contributed by atoms with E-state index in [1.165, 1.54) is 44.3 Å². The molecule has 10 nitrogen and oxygen atoms in total. The molecule has 0 aliphatic heterocycles. The summed E-state index contributed by atoms with van der Waals surface area (Å²) >= 11 is 2.94. The third-order valence-electron chi connectivity index (χ3n) is 2.98. The van der Waals surface area contributed by atoms with E-state index in [1.54, 1.807) is 0 Å². The van der Waals surface area contributed by atoms with Crippen LogP contribution in [0.4, 0.5) is 0 Å². The van der Waals surface area contributed by atoms with Crippen LogP contribution >= 0.6 is 44.3 Å². The summed E-state index contributed by atoms with van der Waals surface area (Å²) in [5.41, 5.74) is 1.66. The first-order valence-corrected chi connectivity index (χ1v) is 10.9. The number of thiazole rings is 2. The predicted molar refractivity (Wildman–Crippen MR) is 98.7 cm³/mol. The van der Waals surface area contributed by atoms with Gasteiger partial charge in [-0.15, -0.1) is 42.9 Å². The minimum absolute atomic E-state index is 0.00847. The Morgan fingerprint density at radius 3 is 1.62 bits per heavy atom. The van der Waals surface area contributed by atoms with Gasteiger partial charge in [-0.2, -0.15) is 0 Å². The van der Waals surface area contributed by atoms with Gasteiger partial charge in [0.2, 0.25) is 0 Å². The lowest BCUT2D eigenvalue weighted by molar-refractivity contribution is -0.757. The third-order valence-corrected chi connectivity index (χ3v) is 8.39. The van der Waals surface area contributed by atoms with Crippen LogP contribution in [0.2, 0.25) is 0 Å². The molecule has 0 aromatic carbocycles. The van der Waals surface area contributed by atoms with Crippen molar-refractivity contribution in [3.63, 3.8) is 0 Å². The molecule has 0 aliphatic carbocycles. The first kappa shape index (κ1) is 20.7. The second kappa shape index (κ2) is 9.89. The Labute approximate surface area is 163 Å². The van der Waals surface area contributed by atoms with Crippen molar-refractivity contribution in [1.82, 2.24) is 9.97 Å². The average Bonchev–Trinajstić information content (AvgIpc) is 3.08. The highest BCUT2D eigenvalue weighted by molar-refractivity contribution is 8.77. The van der Waals surface area contributed by atoms with Crippen LogP contribution in [0.5, 0.6) is 0 Å². The zero-order chi connectivity index (χ0) is 19.1. The fourth-order valence-corrected chi connectivity index (χ4v) is 6.62. The molecule has 0 aliphatic rings. The average molecular weight is 439 g/mol. The Bertz CT molecular complexity index is 716. The van der Waals surface area contributed by atoms with Gasteiger partial charge in [0, 0.05) is 22.6 Å². The fraction of sp³-hybridized carbons (Fsp3) is 0.500. The summed E-state index contributed by atoms with van der Waals surface area (Å²) in [6.45, 7) is 3.73. The van der Waals surface area contributed by atoms with Gasteiger partial charge in [-0.05, 0) is 35.4 Å². The Hall–Kier alpha value is -1.64. The van der Waals surface area contributed by atoms with Gasteiger partial charge in [0.15, 0.2) is 8.68 Å². The van der Waals surface area contributed by atoms with E-state index >= 15 is 0 Å². The lowest BCUT2D eigenvalue weighted by Crippen LogP contribution is -2.04. The quantitative estimate of drug-likeness (QED) is 0.292. The van der Waals surface area contributed by atoms with Crippen molar-refractivity contribution in [2.24, 2.45) is 0 Å². The summed E-state index contributed by atoms with van der Waals surface area (Å²) in [5.74, 6) is 0. The van der Waals surface area contributed by atoms with Crippen molar-refractivity contribution in [1.29, 1.82) is 0 Å². The number of hydrogen-bond donors (Lipinski definition) is 0. The van der Waals surface area contributed by atoms with Crippen LogP contribution in [-0.4, -0.2) is 33.4 Å². The third kappa shape index (κ3) is 6.59. The molecule has 2 aromatic rings. The molecule has 2 rings (SSSR count). The molecule has 0 bridgehead atoms. The molecule has 0 N–H and O–H groups in total. The highest BCUT2D eigenvalue weighted by Gasteiger charge is 2.13. The molecule has 0 unspecified atom stereocenters. The molecule has 0 spiro atoms. The molecule has 0 saturated heterocycles. The minimum atomic E-state index is -0.805. The summed E-state index contributed by atoms with van der Waals surface area (Å²) in [5, 5.41) is 18.8. The van der Waals surface area contributed by atoms with Crippen LogP contribution in [0.25, 0.3) is 0 Å². The summed E-state index contributed by atoms with van der Waals surface area (Å²) in [6.07, 6.45) is 0.874. The van der Waals surface area contributed by atoms with Crippen LogP contribution in [-0.2, 0) is 22.5 Å². The molecule has 0 atom stereocenters. The van der Waals surface area contributed by atoms with Gasteiger partial charge in [0.05, 0.1) is 11.4 Å². The van der Waals surface area contributed by atoms with Gasteiger partial charge in [0.1, 0.15) is 13.2 Å². The molecule has 0 saturated carbocycles. The topological polar surface area (TPSA) is 131 Å². The molecule has 0 radical (unpaired) electrons.